The maximum absolute atomic E-state index is 10.7. The predicted molar refractivity (Wildman–Crippen MR) is 59.5 cm³/mol. The van der Waals surface area contributed by atoms with Gasteiger partial charge in [0.1, 0.15) is 0 Å². The average molecular weight is 305 g/mol. The highest BCUT2D eigenvalue weighted by molar-refractivity contribution is 14.1. The minimum Gasteiger partial charge on any atom is -0.483 e. The Balaban J connectivity index is 2.36. The van der Waals surface area contributed by atoms with Gasteiger partial charge in [-0.05, 0) is 41.5 Å². The third-order valence-electron chi connectivity index (χ3n) is 1.95. The van der Waals surface area contributed by atoms with Gasteiger partial charge in [-0.1, -0.05) is 6.07 Å². The number of nitro benzene ring substituents is 1. The maximum atomic E-state index is 10.7. The second-order valence-electron chi connectivity index (χ2n) is 3.16. The van der Waals surface area contributed by atoms with Crippen molar-refractivity contribution in [2.24, 2.45) is 0 Å². The Kier molecular flexibility index (Phi) is 2.58. The largest absolute Gasteiger partial charge is 0.483 e. The van der Waals surface area contributed by atoms with Gasteiger partial charge in [0.2, 0.25) is 5.75 Å². The Morgan fingerprint density at radius 2 is 2.21 bits per heavy atom. The molecule has 0 bridgehead atoms. The monoisotopic (exact) mass is 305 g/mol. The van der Waals surface area contributed by atoms with E-state index in [1.807, 2.05) is 6.07 Å². The summed E-state index contributed by atoms with van der Waals surface area (Å²) in [5.74, 6) is 0.417. The van der Waals surface area contributed by atoms with Crippen LogP contribution in [0.2, 0.25) is 0 Å². The van der Waals surface area contributed by atoms with Gasteiger partial charge in [0.25, 0.3) is 0 Å². The molecule has 1 saturated carbocycles. The average Bonchev–Trinajstić information content (AvgIpc) is 2.91. The van der Waals surface area contributed by atoms with Crippen molar-refractivity contribution in [2.45, 2.75) is 18.9 Å². The molecule has 1 fully saturated rings. The summed E-state index contributed by atoms with van der Waals surface area (Å²) in [4.78, 5) is 10.3. The van der Waals surface area contributed by atoms with E-state index in [2.05, 4.69) is 22.6 Å². The van der Waals surface area contributed by atoms with Crippen LogP contribution in [0.4, 0.5) is 5.69 Å². The summed E-state index contributed by atoms with van der Waals surface area (Å²) >= 11 is 2.05. The van der Waals surface area contributed by atoms with Crippen molar-refractivity contribution >= 4 is 28.3 Å². The predicted octanol–water partition coefficient (Wildman–Crippen LogP) is 2.74. The molecule has 4 nitrogen and oxygen atoms in total. The van der Waals surface area contributed by atoms with Crippen molar-refractivity contribution in [3.05, 3.63) is 31.9 Å². The van der Waals surface area contributed by atoms with Gasteiger partial charge in [-0.15, -0.1) is 0 Å². The molecule has 14 heavy (non-hydrogen) atoms. The number of nitro groups is 1. The first-order valence-corrected chi connectivity index (χ1v) is 5.36. The van der Waals surface area contributed by atoms with E-state index in [1.54, 1.807) is 6.07 Å². The van der Waals surface area contributed by atoms with Crippen LogP contribution in [0.15, 0.2) is 18.2 Å². The highest BCUT2D eigenvalue weighted by Crippen LogP contribution is 2.36. The molecule has 1 aliphatic rings. The Hall–Kier alpha value is -0.850. The van der Waals surface area contributed by atoms with Crippen LogP contribution in [0.1, 0.15) is 12.8 Å². The van der Waals surface area contributed by atoms with Crippen molar-refractivity contribution in [3.63, 3.8) is 0 Å². The normalized spacial score (nSPS) is 15.2. The Morgan fingerprint density at radius 1 is 1.50 bits per heavy atom. The number of hydrogen-bond acceptors (Lipinski definition) is 3. The molecule has 0 atom stereocenters. The number of rotatable bonds is 3. The first-order chi connectivity index (χ1) is 6.68. The van der Waals surface area contributed by atoms with Crippen LogP contribution in [0.3, 0.4) is 0 Å². The van der Waals surface area contributed by atoms with Crippen molar-refractivity contribution in [3.8, 4) is 5.75 Å². The first-order valence-electron chi connectivity index (χ1n) is 4.28. The zero-order chi connectivity index (χ0) is 10.1. The van der Waals surface area contributed by atoms with Crippen LogP contribution in [-0.4, -0.2) is 11.0 Å². The van der Waals surface area contributed by atoms with Crippen molar-refractivity contribution in [1.29, 1.82) is 0 Å². The van der Waals surface area contributed by atoms with Crippen molar-refractivity contribution in [2.75, 3.05) is 0 Å². The lowest BCUT2D eigenvalue weighted by molar-refractivity contribution is -0.386. The van der Waals surface area contributed by atoms with Gasteiger partial charge in [-0.25, -0.2) is 0 Å². The molecule has 5 heteroatoms. The molecule has 0 radical (unpaired) electrons. The van der Waals surface area contributed by atoms with E-state index in [0.717, 1.165) is 16.4 Å². The molecule has 2 rings (SSSR count). The molecule has 1 aromatic rings. The van der Waals surface area contributed by atoms with Gasteiger partial charge in [0, 0.05) is 6.07 Å². The summed E-state index contributed by atoms with van der Waals surface area (Å²) in [5.41, 5.74) is 0.0591. The summed E-state index contributed by atoms with van der Waals surface area (Å²) in [6.45, 7) is 0. The molecule has 74 valence electrons. The molecule has 0 spiro atoms. The molecule has 0 unspecified atom stereocenters. The highest BCUT2D eigenvalue weighted by Gasteiger charge is 2.28. The van der Waals surface area contributed by atoms with E-state index in [9.17, 15) is 10.1 Å². The number of para-hydroxylation sites is 1. The van der Waals surface area contributed by atoms with Gasteiger partial charge in [-0.3, -0.25) is 10.1 Å². The number of ether oxygens (including phenoxy) is 1. The van der Waals surface area contributed by atoms with E-state index in [4.69, 9.17) is 4.74 Å². The lowest BCUT2D eigenvalue weighted by atomic mass is 10.3. The van der Waals surface area contributed by atoms with Crippen LogP contribution in [0.5, 0.6) is 5.75 Å². The topological polar surface area (TPSA) is 52.4 Å². The Labute approximate surface area is 94.5 Å². The van der Waals surface area contributed by atoms with Gasteiger partial charge in [0.15, 0.2) is 0 Å². The minimum atomic E-state index is -0.403. The number of nitrogens with zero attached hydrogens (tertiary/aromatic N) is 1. The molecular formula is C9H8INO3. The van der Waals surface area contributed by atoms with Crippen molar-refractivity contribution in [1.82, 2.24) is 0 Å². The fraction of sp³-hybridized carbons (Fsp3) is 0.333. The Morgan fingerprint density at radius 3 is 2.79 bits per heavy atom. The van der Waals surface area contributed by atoms with E-state index >= 15 is 0 Å². The molecular weight excluding hydrogens is 297 g/mol. The number of halogens is 1. The van der Waals surface area contributed by atoms with E-state index in [-0.39, 0.29) is 11.8 Å². The van der Waals surface area contributed by atoms with Gasteiger partial charge in [0.05, 0.1) is 14.6 Å². The van der Waals surface area contributed by atoms with Gasteiger partial charge < -0.3 is 4.74 Å². The summed E-state index contributed by atoms with van der Waals surface area (Å²) < 4.78 is 6.29. The van der Waals surface area contributed by atoms with Crippen LogP contribution in [0.25, 0.3) is 0 Å². The minimum absolute atomic E-state index is 0.0591. The molecule has 0 amide bonds. The molecule has 0 N–H and O–H groups in total. The number of hydrogen-bond donors (Lipinski definition) is 0. The van der Waals surface area contributed by atoms with Gasteiger partial charge >= 0.3 is 5.69 Å². The summed E-state index contributed by atoms with van der Waals surface area (Å²) in [6.07, 6.45) is 2.19. The molecule has 1 aromatic carbocycles. The maximum Gasteiger partial charge on any atom is 0.312 e. The zero-order valence-corrected chi connectivity index (χ0v) is 9.43. The smallest absolute Gasteiger partial charge is 0.312 e. The van der Waals surface area contributed by atoms with Crippen LogP contribution in [0, 0.1) is 13.7 Å². The summed E-state index contributed by atoms with van der Waals surface area (Å²) in [7, 11) is 0. The SMILES string of the molecule is O=[N+]([O-])c1cccc(I)c1OC1CC1. The third kappa shape index (κ3) is 1.97. The molecule has 0 aliphatic heterocycles. The summed E-state index contributed by atoms with van der Waals surface area (Å²) in [6, 6.07) is 4.95. The van der Waals surface area contributed by atoms with E-state index in [1.165, 1.54) is 6.07 Å². The van der Waals surface area contributed by atoms with E-state index in [0.29, 0.717) is 5.75 Å². The quantitative estimate of drug-likeness (QED) is 0.490. The van der Waals surface area contributed by atoms with Crippen LogP contribution in [-0.2, 0) is 0 Å². The molecule has 0 heterocycles. The van der Waals surface area contributed by atoms with Crippen molar-refractivity contribution < 1.29 is 9.66 Å². The van der Waals surface area contributed by atoms with Gasteiger partial charge in [-0.2, -0.15) is 0 Å². The second-order valence-corrected chi connectivity index (χ2v) is 4.32. The zero-order valence-electron chi connectivity index (χ0n) is 7.27. The van der Waals surface area contributed by atoms with E-state index < -0.39 is 4.92 Å². The standard InChI is InChI=1S/C9H8INO3/c10-7-2-1-3-8(11(12)13)9(7)14-6-4-5-6/h1-3,6H,4-5H2. The fourth-order valence-electron chi connectivity index (χ4n) is 1.11. The second kappa shape index (κ2) is 3.72. The first kappa shape index (κ1) is 9.70. The Bertz CT molecular complexity index is 376. The number of benzene rings is 1. The molecule has 1 aliphatic carbocycles. The lowest BCUT2D eigenvalue weighted by Crippen LogP contribution is -2.01. The highest BCUT2D eigenvalue weighted by atomic mass is 127. The molecule has 0 saturated heterocycles. The lowest BCUT2D eigenvalue weighted by Gasteiger charge is -2.06. The third-order valence-corrected chi connectivity index (χ3v) is 2.80. The summed E-state index contributed by atoms with van der Waals surface area (Å²) in [5, 5.41) is 10.7. The van der Waals surface area contributed by atoms with Crippen LogP contribution < -0.4 is 4.74 Å². The molecule has 0 aromatic heterocycles. The van der Waals surface area contributed by atoms with Crippen LogP contribution >= 0.6 is 22.6 Å². The fourth-order valence-corrected chi connectivity index (χ4v) is 1.72.